The number of amides is 1. The van der Waals surface area contributed by atoms with Crippen molar-refractivity contribution < 1.29 is 13.2 Å². The van der Waals surface area contributed by atoms with Crippen LogP contribution in [0.4, 0.5) is 0 Å². The number of carbonyl (C=O) groups excluding carboxylic acids is 1. The fourth-order valence-corrected chi connectivity index (χ4v) is 4.21. The summed E-state index contributed by atoms with van der Waals surface area (Å²) in [6.45, 7) is 3.17. The van der Waals surface area contributed by atoms with Gasteiger partial charge in [0.05, 0.1) is 5.56 Å². The Morgan fingerprint density at radius 2 is 2.19 bits per heavy atom. The van der Waals surface area contributed by atoms with Crippen LogP contribution in [0.15, 0.2) is 23.0 Å². The summed E-state index contributed by atoms with van der Waals surface area (Å²) in [7, 11) is -0.525. The lowest BCUT2D eigenvalue weighted by atomic mass is 9.95. The molecule has 3 rings (SSSR count). The van der Waals surface area contributed by atoms with Crippen molar-refractivity contribution in [3.8, 4) is 0 Å². The van der Waals surface area contributed by atoms with Crippen molar-refractivity contribution in [2.75, 3.05) is 20.6 Å². The smallest absolute Gasteiger partial charge is 0.279 e. The largest absolute Gasteiger partial charge is 0.334 e. The predicted molar refractivity (Wildman–Crippen MR) is 101 cm³/mol. The highest BCUT2D eigenvalue weighted by atomic mass is 32.2. The van der Waals surface area contributed by atoms with E-state index in [0.29, 0.717) is 25.1 Å². The molecule has 0 saturated heterocycles. The first-order valence-electron chi connectivity index (χ1n) is 8.24. The van der Waals surface area contributed by atoms with Crippen molar-refractivity contribution >= 4 is 27.5 Å². The van der Waals surface area contributed by atoms with Crippen LogP contribution in [-0.4, -0.2) is 49.2 Å². The van der Waals surface area contributed by atoms with Crippen LogP contribution in [0.25, 0.3) is 0 Å². The normalized spacial score (nSPS) is 14.5. The number of hydrogen-bond acceptors (Lipinski definition) is 5. The van der Waals surface area contributed by atoms with Gasteiger partial charge in [-0.05, 0) is 41.5 Å². The van der Waals surface area contributed by atoms with Crippen LogP contribution in [0.2, 0.25) is 0 Å². The van der Waals surface area contributed by atoms with Crippen molar-refractivity contribution in [3.05, 3.63) is 51.0 Å². The molecule has 26 heavy (non-hydrogen) atoms. The van der Waals surface area contributed by atoms with E-state index in [1.165, 1.54) is 25.4 Å². The number of aromatic nitrogens is 1. The number of aryl methyl sites for hydroxylation is 1. The third-order valence-electron chi connectivity index (χ3n) is 4.56. The van der Waals surface area contributed by atoms with Gasteiger partial charge < -0.3 is 4.90 Å². The molecule has 3 heterocycles. The van der Waals surface area contributed by atoms with Gasteiger partial charge in [-0.1, -0.05) is 0 Å². The Hall–Kier alpha value is -1.81. The first kappa shape index (κ1) is 19.0. The number of rotatable bonds is 5. The lowest BCUT2D eigenvalue weighted by molar-refractivity contribution is 0.0734. The lowest BCUT2D eigenvalue weighted by Crippen LogP contribution is -2.38. The van der Waals surface area contributed by atoms with E-state index in [4.69, 9.17) is 0 Å². The molecule has 1 aliphatic rings. The summed E-state index contributed by atoms with van der Waals surface area (Å²) in [5.74, 6) is 0.0207. The third-order valence-corrected chi connectivity index (χ3v) is 6.72. The van der Waals surface area contributed by atoms with E-state index in [2.05, 4.69) is 9.71 Å². The maximum atomic E-state index is 12.6. The molecule has 9 heteroatoms. The average molecular weight is 395 g/mol. The molecule has 0 fully saturated rings. The SMILES string of the molecule is Cc1ncc2c(c1CNS(=O)(=O)N(C)C)CCN(C(=O)c1ccsc1)C2. The summed E-state index contributed by atoms with van der Waals surface area (Å²) in [4.78, 5) is 18.8. The minimum Gasteiger partial charge on any atom is -0.334 e. The molecule has 1 aliphatic heterocycles. The zero-order chi connectivity index (χ0) is 18.9. The molecule has 0 unspecified atom stereocenters. The second-order valence-electron chi connectivity index (χ2n) is 6.42. The van der Waals surface area contributed by atoms with Crippen LogP contribution < -0.4 is 4.72 Å². The lowest BCUT2D eigenvalue weighted by Gasteiger charge is -2.30. The molecule has 0 aliphatic carbocycles. The van der Waals surface area contributed by atoms with Crippen molar-refractivity contribution in [1.29, 1.82) is 0 Å². The first-order valence-corrected chi connectivity index (χ1v) is 10.6. The van der Waals surface area contributed by atoms with Crippen LogP contribution in [0.1, 0.15) is 32.7 Å². The number of nitrogens with zero attached hydrogens (tertiary/aromatic N) is 3. The Labute approximate surface area is 157 Å². The second kappa shape index (κ2) is 7.43. The maximum Gasteiger partial charge on any atom is 0.279 e. The Bertz CT molecular complexity index is 908. The van der Waals surface area contributed by atoms with Gasteiger partial charge in [0.15, 0.2) is 0 Å². The molecule has 0 radical (unpaired) electrons. The molecule has 0 bridgehead atoms. The standard InChI is InChI=1S/C17H22N4O3S2/c1-12-16(9-19-26(23,24)20(2)3)15-4-6-21(10-14(15)8-18-12)17(22)13-5-7-25-11-13/h5,7-8,11,19H,4,6,9-10H2,1-3H3. The molecule has 2 aromatic rings. The minimum atomic E-state index is -3.50. The van der Waals surface area contributed by atoms with Gasteiger partial charge in [-0.15, -0.1) is 0 Å². The summed E-state index contributed by atoms with van der Waals surface area (Å²) < 4.78 is 27.7. The zero-order valence-electron chi connectivity index (χ0n) is 15.0. The first-order chi connectivity index (χ1) is 12.3. The van der Waals surface area contributed by atoms with E-state index in [1.54, 1.807) is 6.20 Å². The Morgan fingerprint density at radius 1 is 1.42 bits per heavy atom. The summed E-state index contributed by atoms with van der Waals surface area (Å²) in [5, 5.41) is 3.75. The van der Waals surface area contributed by atoms with Gasteiger partial charge in [-0.3, -0.25) is 9.78 Å². The molecule has 1 N–H and O–H groups in total. The average Bonchev–Trinajstić information content (AvgIpc) is 3.14. The maximum absolute atomic E-state index is 12.6. The molecule has 0 atom stereocenters. The predicted octanol–water partition coefficient (Wildman–Crippen LogP) is 1.55. The minimum absolute atomic E-state index is 0.0207. The molecular weight excluding hydrogens is 372 g/mol. The topological polar surface area (TPSA) is 82.6 Å². The van der Waals surface area contributed by atoms with Crippen LogP contribution >= 0.6 is 11.3 Å². The monoisotopic (exact) mass is 394 g/mol. The molecule has 7 nitrogen and oxygen atoms in total. The summed E-state index contributed by atoms with van der Waals surface area (Å²) >= 11 is 1.50. The van der Waals surface area contributed by atoms with Crippen molar-refractivity contribution in [3.63, 3.8) is 0 Å². The van der Waals surface area contributed by atoms with Crippen LogP contribution in [0.5, 0.6) is 0 Å². The van der Waals surface area contributed by atoms with Gasteiger partial charge in [0.25, 0.3) is 16.1 Å². The van der Waals surface area contributed by atoms with Gasteiger partial charge >= 0.3 is 0 Å². The van der Waals surface area contributed by atoms with E-state index in [0.717, 1.165) is 26.7 Å². The number of nitrogens with one attached hydrogen (secondary N) is 1. The summed E-state index contributed by atoms with van der Waals surface area (Å²) in [5.41, 5.74) is 4.48. The van der Waals surface area contributed by atoms with Crippen LogP contribution in [-0.2, 0) is 29.7 Å². The van der Waals surface area contributed by atoms with Crippen molar-refractivity contribution in [1.82, 2.24) is 18.9 Å². The van der Waals surface area contributed by atoms with Gasteiger partial charge in [0.2, 0.25) is 0 Å². The number of fused-ring (bicyclic) bond motifs is 1. The molecule has 0 aromatic carbocycles. The molecular formula is C17H22N4O3S2. The van der Waals surface area contributed by atoms with Gasteiger partial charge in [0, 0.05) is 51.0 Å². The van der Waals surface area contributed by atoms with E-state index in [9.17, 15) is 13.2 Å². The summed E-state index contributed by atoms with van der Waals surface area (Å²) in [6, 6.07) is 1.83. The molecule has 1 amide bonds. The van der Waals surface area contributed by atoms with E-state index < -0.39 is 10.2 Å². The van der Waals surface area contributed by atoms with Gasteiger partial charge in [-0.2, -0.15) is 28.8 Å². The number of hydrogen-bond donors (Lipinski definition) is 1. The molecule has 0 spiro atoms. The Kier molecular flexibility index (Phi) is 5.42. The van der Waals surface area contributed by atoms with Gasteiger partial charge in [0.1, 0.15) is 0 Å². The third kappa shape index (κ3) is 3.80. The van der Waals surface area contributed by atoms with Crippen LogP contribution in [0, 0.1) is 6.92 Å². The van der Waals surface area contributed by atoms with Crippen molar-refractivity contribution in [2.45, 2.75) is 26.4 Å². The summed E-state index contributed by atoms with van der Waals surface area (Å²) in [6.07, 6.45) is 2.48. The zero-order valence-corrected chi connectivity index (χ0v) is 16.7. The Morgan fingerprint density at radius 3 is 2.85 bits per heavy atom. The second-order valence-corrected chi connectivity index (χ2v) is 9.17. The number of carbonyl (C=O) groups is 1. The highest BCUT2D eigenvalue weighted by molar-refractivity contribution is 7.87. The number of thiophene rings is 1. The van der Waals surface area contributed by atoms with E-state index in [-0.39, 0.29) is 12.5 Å². The van der Waals surface area contributed by atoms with E-state index >= 15 is 0 Å². The number of pyridine rings is 1. The van der Waals surface area contributed by atoms with Gasteiger partial charge in [-0.25, -0.2) is 0 Å². The molecule has 0 saturated carbocycles. The quantitative estimate of drug-likeness (QED) is 0.834. The van der Waals surface area contributed by atoms with E-state index in [1.807, 2.05) is 28.7 Å². The molecule has 140 valence electrons. The van der Waals surface area contributed by atoms with Crippen LogP contribution in [0.3, 0.4) is 0 Å². The highest BCUT2D eigenvalue weighted by Crippen LogP contribution is 2.25. The van der Waals surface area contributed by atoms with Crippen molar-refractivity contribution in [2.24, 2.45) is 0 Å². The molecule has 2 aromatic heterocycles. The Balaban J connectivity index is 1.81. The fraction of sp³-hybridized carbons (Fsp3) is 0.412. The fourth-order valence-electron chi connectivity index (χ4n) is 2.99. The highest BCUT2D eigenvalue weighted by Gasteiger charge is 2.25.